The van der Waals surface area contributed by atoms with Gasteiger partial charge in [0.05, 0.1) is 13.7 Å². The van der Waals surface area contributed by atoms with Crippen LogP contribution in [-0.4, -0.2) is 38.0 Å². The average molecular weight is 324 g/mol. The molecule has 2 aromatic carbocycles. The van der Waals surface area contributed by atoms with Gasteiger partial charge in [0, 0.05) is 19.2 Å². The second-order valence-electron chi connectivity index (χ2n) is 6.21. The highest BCUT2D eigenvalue weighted by molar-refractivity contribution is 6.00. The van der Waals surface area contributed by atoms with Gasteiger partial charge < -0.3 is 14.4 Å². The van der Waals surface area contributed by atoms with Crippen molar-refractivity contribution in [3.05, 3.63) is 58.7 Å². The summed E-state index contributed by atoms with van der Waals surface area (Å²) in [5, 5.41) is 0. The van der Waals surface area contributed by atoms with E-state index in [1.54, 1.807) is 7.11 Å². The molecule has 0 unspecified atom stereocenters. The molecule has 0 N–H and O–H groups in total. The van der Waals surface area contributed by atoms with Crippen molar-refractivity contribution in [1.29, 1.82) is 0 Å². The summed E-state index contributed by atoms with van der Waals surface area (Å²) in [6.45, 7) is 6.54. The van der Waals surface area contributed by atoms with Crippen LogP contribution in [0, 0.1) is 13.8 Å². The standard InChI is InChI=1S/C20H24N2O2/c1-14-5-6-15(2)17(11-14)13-24-18-8-7-16(12-19(18)23-4)20-21-9-10-22(20)3/h5-8,11-12H,9-10,13H2,1-4H3. The van der Waals surface area contributed by atoms with E-state index in [-0.39, 0.29) is 0 Å². The first kappa shape index (κ1) is 16.4. The lowest BCUT2D eigenvalue weighted by molar-refractivity contribution is 0.284. The lowest BCUT2D eigenvalue weighted by atomic mass is 10.1. The molecule has 0 spiro atoms. The van der Waals surface area contributed by atoms with Gasteiger partial charge in [0.2, 0.25) is 0 Å². The lowest BCUT2D eigenvalue weighted by Gasteiger charge is -2.17. The highest BCUT2D eigenvalue weighted by Crippen LogP contribution is 2.30. The largest absolute Gasteiger partial charge is 0.493 e. The molecule has 24 heavy (non-hydrogen) atoms. The number of rotatable bonds is 5. The molecule has 126 valence electrons. The van der Waals surface area contributed by atoms with Crippen molar-refractivity contribution in [1.82, 2.24) is 4.90 Å². The number of aliphatic imine (C=N–C) groups is 1. The third kappa shape index (κ3) is 3.37. The number of ether oxygens (including phenoxy) is 2. The minimum Gasteiger partial charge on any atom is -0.493 e. The molecule has 3 rings (SSSR count). The Hall–Kier alpha value is -2.49. The van der Waals surface area contributed by atoms with Gasteiger partial charge in [-0.05, 0) is 43.2 Å². The van der Waals surface area contributed by atoms with Crippen molar-refractivity contribution >= 4 is 5.84 Å². The summed E-state index contributed by atoms with van der Waals surface area (Å²) < 4.78 is 11.5. The van der Waals surface area contributed by atoms with Crippen molar-refractivity contribution in [3.63, 3.8) is 0 Å². The van der Waals surface area contributed by atoms with Crippen LogP contribution in [0.4, 0.5) is 0 Å². The monoisotopic (exact) mass is 324 g/mol. The highest BCUT2D eigenvalue weighted by Gasteiger charge is 2.16. The fraction of sp³-hybridized carbons (Fsp3) is 0.350. The van der Waals surface area contributed by atoms with Crippen LogP contribution in [0.25, 0.3) is 0 Å². The number of hydrogen-bond acceptors (Lipinski definition) is 4. The molecule has 0 fully saturated rings. The third-order valence-electron chi connectivity index (χ3n) is 4.37. The second-order valence-corrected chi connectivity index (χ2v) is 6.21. The average Bonchev–Trinajstić information content (AvgIpc) is 3.01. The van der Waals surface area contributed by atoms with E-state index in [9.17, 15) is 0 Å². The molecule has 1 aliphatic heterocycles. The van der Waals surface area contributed by atoms with E-state index in [1.807, 2.05) is 18.2 Å². The minimum absolute atomic E-state index is 0.532. The van der Waals surface area contributed by atoms with Gasteiger partial charge in [0.1, 0.15) is 12.4 Å². The molecule has 0 aliphatic carbocycles. The van der Waals surface area contributed by atoms with Crippen molar-refractivity contribution in [3.8, 4) is 11.5 Å². The van der Waals surface area contributed by atoms with Crippen LogP contribution in [0.15, 0.2) is 41.4 Å². The highest BCUT2D eigenvalue weighted by atomic mass is 16.5. The molecule has 1 aliphatic rings. The van der Waals surface area contributed by atoms with Crippen LogP contribution < -0.4 is 9.47 Å². The Labute approximate surface area is 143 Å². The molecule has 0 saturated heterocycles. The molecule has 0 atom stereocenters. The molecule has 0 radical (unpaired) electrons. The maximum Gasteiger partial charge on any atom is 0.161 e. The zero-order valence-corrected chi connectivity index (χ0v) is 14.8. The van der Waals surface area contributed by atoms with Crippen molar-refractivity contribution in [2.75, 3.05) is 27.2 Å². The lowest BCUT2D eigenvalue weighted by Crippen LogP contribution is -2.23. The number of nitrogens with zero attached hydrogens (tertiary/aromatic N) is 2. The maximum absolute atomic E-state index is 6.02. The first-order valence-electron chi connectivity index (χ1n) is 8.21. The summed E-state index contributed by atoms with van der Waals surface area (Å²) in [5.41, 5.74) is 4.73. The predicted octanol–water partition coefficient (Wildman–Crippen LogP) is 3.58. The number of benzene rings is 2. The molecular weight excluding hydrogens is 300 g/mol. The second kappa shape index (κ2) is 6.95. The zero-order valence-electron chi connectivity index (χ0n) is 14.8. The van der Waals surface area contributed by atoms with E-state index in [0.29, 0.717) is 6.61 Å². The number of methoxy groups -OCH3 is 1. The molecular formula is C20H24N2O2. The van der Waals surface area contributed by atoms with Gasteiger partial charge in [-0.2, -0.15) is 0 Å². The van der Waals surface area contributed by atoms with Crippen LogP contribution in [-0.2, 0) is 6.61 Å². The van der Waals surface area contributed by atoms with Crippen LogP contribution in [0.2, 0.25) is 0 Å². The van der Waals surface area contributed by atoms with Crippen LogP contribution in [0.5, 0.6) is 11.5 Å². The minimum atomic E-state index is 0.532. The fourth-order valence-corrected chi connectivity index (χ4v) is 2.88. The van der Waals surface area contributed by atoms with Gasteiger partial charge in [-0.15, -0.1) is 0 Å². The number of aryl methyl sites for hydroxylation is 2. The molecule has 0 amide bonds. The van der Waals surface area contributed by atoms with Gasteiger partial charge >= 0.3 is 0 Å². The Morgan fingerprint density at radius 2 is 1.92 bits per heavy atom. The van der Waals surface area contributed by atoms with E-state index in [2.05, 4.69) is 49.0 Å². The summed E-state index contributed by atoms with van der Waals surface area (Å²) >= 11 is 0. The molecule has 4 nitrogen and oxygen atoms in total. The maximum atomic E-state index is 6.02. The SMILES string of the molecule is COc1cc(C2=NCCN2C)ccc1OCc1cc(C)ccc1C. The molecule has 0 saturated carbocycles. The van der Waals surface area contributed by atoms with Gasteiger partial charge in [-0.1, -0.05) is 23.8 Å². The Morgan fingerprint density at radius 1 is 1.08 bits per heavy atom. The summed E-state index contributed by atoms with van der Waals surface area (Å²) in [7, 11) is 3.73. The van der Waals surface area contributed by atoms with Crippen LogP contribution >= 0.6 is 0 Å². The van der Waals surface area contributed by atoms with Crippen molar-refractivity contribution in [2.45, 2.75) is 20.5 Å². The Balaban J connectivity index is 1.79. The van der Waals surface area contributed by atoms with Gasteiger partial charge in [0.15, 0.2) is 11.5 Å². The first-order valence-corrected chi connectivity index (χ1v) is 8.21. The van der Waals surface area contributed by atoms with E-state index >= 15 is 0 Å². The summed E-state index contributed by atoms with van der Waals surface area (Å²) in [4.78, 5) is 6.71. The van der Waals surface area contributed by atoms with Crippen LogP contribution in [0.1, 0.15) is 22.3 Å². The van der Waals surface area contributed by atoms with E-state index < -0.39 is 0 Å². The molecule has 2 aromatic rings. The molecule has 4 heteroatoms. The Kier molecular flexibility index (Phi) is 4.74. The topological polar surface area (TPSA) is 34.1 Å². The van der Waals surface area contributed by atoms with E-state index in [1.165, 1.54) is 16.7 Å². The number of amidine groups is 1. The summed E-state index contributed by atoms with van der Waals surface area (Å²) in [6, 6.07) is 12.4. The normalized spacial score (nSPS) is 13.8. The zero-order chi connectivity index (χ0) is 17.1. The van der Waals surface area contributed by atoms with Gasteiger partial charge in [-0.25, -0.2) is 0 Å². The van der Waals surface area contributed by atoms with E-state index in [0.717, 1.165) is 36.0 Å². The van der Waals surface area contributed by atoms with Crippen molar-refractivity contribution < 1.29 is 9.47 Å². The fourth-order valence-electron chi connectivity index (χ4n) is 2.88. The van der Waals surface area contributed by atoms with Gasteiger partial charge in [-0.3, -0.25) is 4.99 Å². The summed E-state index contributed by atoms with van der Waals surface area (Å²) in [6.07, 6.45) is 0. The molecule has 1 heterocycles. The number of likely N-dealkylation sites (N-methyl/N-ethyl adjacent to an activating group) is 1. The Morgan fingerprint density at radius 3 is 2.62 bits per heavy atom. The molecule has 0 bridgehead atoms. The Bertz CT molecular complexity index is 768. The first-order chi connectivity index (χ1) is 11.6. The van der Waals surface area contributed by atoms with Crippen LogP contribution in [0.3, 0.4) is 0 Å². The quantitative estimate of drug-likeness (QED) is 0.843. The van der Waals surface area contributed by atoms with Gasteiger partial charge in [0.25, 0.3) is 0 Å². The summed E-state index contributed by atoms with van der Waals surface area (Å²) in [5.74, 6) is 2.50. The smallest absolute Gasteiger partial charge is 0.161 e. The number of hydrogen-bond donors (Lipinski definition) is 0. The van der Waals surface area contributed by atoms with Crippen molar-refractivity contribution in [2.24, 2.45) is 4.99 Å². The van der Waals surface area contributed by atoms with E-state index in [4.69, 9.17) is 9.47 Å². The predicted molar refractivity (Wildman–Crippen MR) is 97.3 cm³/mol. The molecule has 0 aromatic heterocycles. The third-order valence-corrected chi connectivity index (χ3v) is 4.37.